The molecule has 3 rings (SSSR count). The zero-order chi connectivity index (χ0) is 12.3. The van der Waals surface area contributed by atoms with Gasteiger partial charge in [0.05, 0.1) is 5.41 Å². The molecule has 1 aromatic heterocycles. The van der Waals surface area contributed by atoms with E-state index in [2.05, 4.69) is 4.98 Å². The van der Waals surface area contributed by atoms with Gasteiger partial charge in [0.15, 0.2) is 0 Å². The number of hydrogen-bond donors (Lipinski definition) is 2. The van der Waals surface area contributed by atoms with E-state index in [1.54, 1.807) is 24.3 Å². The van der Waals surface area contributed by atoms with Gasteiger partial charge in [0.1, 0.15) is 0 Å². The van der Waals surface area contributed by atoms with Crippen molar-refractivity contribution in [3.05, 3.63) is 35.0 Å². The van der Waals surface area contributed by atoms with Crippen LogP contribution in [0.5, 0.6) is 0 Å². The maximum Gasteiger partial charge on any atom is 0.261 e. The maximum atomic E-state index is 13.4. The highest BCUT2D eigenvalue weighted by Gasteiger charge is 2.71. The molecular weight excluding hydrogens is 246 g/mol. The second-order valence-electron chi connectivity index (χ2n) is 4.58. The minimum atomic E-state index is -2.70. The van der Waals surface area contributed by atoms with Crippen molar-refractivity contribution in [2.45, 2.75) is 17.8 Å². The highest BCUT2D eigenvalue weighted by Crippen LogP contribution is 2.60. The Bertz CT molecular complexity index is 593. The molecule has 17 heavy (non-hydrogen) atoms. The van der Waals surface area contributed by atoms with Crippen molar-refractivity contribution < 1.29 is 8.78 Å². The summed E-state index contributed by atoms with van der Waals surface area (Å²) < 4.78 is 26.8. The molecule has 3 N–H and O–H groups in total. The van der Waals surface area contributed by atoms with E-state index in [4.69, 9.17) is 17.3 Å². The van der Waals surface area contributed by atoms with Crippen molar-refractivity contribution in [3.63, 3.8) is 0 Å². The van der Waals surface area contributed by atoms with Crippen molar-refractivity contribution in [1.82, 2.24) is 4.98 Å². The fourth-order valence-corrected chi connectivity index (χ4v) is 2.50. The van der Waals surface area contributed by atoms with Gasteiger partial charge in [-0.1, -0.05) is 11.6 Å². The van der Waals surface area contributed by atoms with E-state index in [1.165, 1.54) is 0 Å². The quantitative estimate of drug-likeness (QED) is 0.852. The number of aromatic amines is 1. The van der Waals surface area contributed by atoms with E-state index < -0.39 is 11.3 Å². The van der Waals surface area contributed by atoms with Gasteiger partial charge in [-0.25, -0.2) is 8.78 Å². The molecule has 1 fully saturated rings. The molecule has 0 amide bonds. The minimum absolute atomic E-state index is 0.0550. The Hall–Kier alpha value is -1.13. The van der Waals surface area contributed by atoms with Crippen LogP contribution < -0.4 is 5.73 Å². The molecule has 90 valence electrons. The van der Waals surface area contributed by atoms with Gasteiger partial charge in [-0.05, 0) is 24.3 Å². The molecule has 2 nitrogen and oxygen atoms in total. The second-order valence-corrected chi connectivity index (χ2v) is 5.02. The highest BCUT2D eigenvalue weighted by molar-refractivity contribution is 6.31. The molecule has 0 saturated heterocycles. The molecule has 5 heteroatoms. The summed E-state index contributed by atoms with van der Waals surface area (Å²) >= 11 is 5.86. The molecule has 0 spiro atoms. The summed E-state index contributed by atoms with van der Waals surface area (Å²) in [5, 5.41) is 1.43. The number of rotatable bonds is 2. The highest BCUT2D eigenvalue weighted by atomic mass is 35.5. The summed E-state index contributed by atoms with van der Waals surface area (Å²) in [6.45, 7) is -0.0550. The number of aromatic nitrogens is 1. The molecule has 1 heterocycles. The molecule has 1 saturated carbocycles. The van der Waals surface area contributed by atoms with Crippen molar-refractivity contribution >= 4 is 22.5 Å². The molecule has 0 bridgehead atoms. The van der Waals surface area contributed by atoms with Gasteiger partial charge < -0.3 is 10.7 Å². The van der Waals surface area contributed by atoms with Crippen LogP contribution in [0.4, 0.5) is 8.78 Å². The lowest BCUT2D eigenvalue weighted by molar-refractivity contribution is 0.0888. The lowest BCUT2D eigenvalue weighted by Gasteiger charge is -2.11. The summed E-state index contributed by atoms with van der Waals surface area (Å²) in [7, 11) is 0. The third kappa shape index (κ3) is 1.40. The Balaban J connectivity index is 2.13. The number of fused-ring (bicyclic) bond motifs is 1. The molecule has 1 unspecified atom stereocenters. The van der Waals surface area contributed by atoms with Crippen LogP contribution in [0.1, 0.15) is 12.1 Å². The Morgan fingerprint density at radius 1 is 1.35 bits per heavy atom. The summed E-state index contributed by atoms with van der Waals surface area (Å²) in [5.74, 6) is -2.70. The van der Waals surface area contributed by atoms with Gasteiger partial charge in [0.2, 0.25) is 0 Å². The van der Waals surface area contributed by atoms with E-state index in [9.17, 15) is 8.78 Å². The first-order valence-electron chi connectivity index (χ1n) is 5.35. The molecule has 2 aromatic rings. The van der Waals surface area contributed by atoms with Gasteiger partial charge in [0, 0.05) is 34.6 Å². The maximum absolute atomic E-state index is 13.4. The van der Waals surface area contributed by atoms with Gasteiger partial charge in [-0.3, -0.25) is 0 Å². The molecule has 1 atom stereocenters. The minimum Gasteiger partial charge on any atom is -0.358 e. The van der Waals surface area contributed by atoms with Gasteiger partial charge >= 0.3 is 0 Å². The number of nitrogens with two attached hydrogens (primary N) is 1. The SMILES string of the molecule is NCC1(c2cc3cc(Cl)ccc3[nH]2)CC1(F)F. The summed E-state index contributed by atoms with van der Waals surface area (Å²) in [5.41, 5.74) is 5.60. The van der Waals surface area contributed by atoms with Crippen LogP contribution in [0.3, 0.4) is 0 Å². The molecule has 1 aliphatic carbocycles. The Kier molecular flexibility index (Phi) is 2.07. The molecule has 1 aromatic carbocycles. The van der Waals surface area contributed by atoms with Crippen molar-refractivity contribution in [3.8, 4) is 0 Å². The number of halogens is 3. The van der Waals surface area contributed by atoms with Gasteiger partial charge in [0.25, 0.3) is 5.92 Å². The summed E-state index contributed by atoms with van der Waals surface area (Å²) in [6, 6.07) is 6.98. The van der Waals surface area contributed by atoms with E-state index in [1.807, 2.05) is 0 Å². The zero-order valence-corrected chi connectivity index (χ0v) is 9.69. The van der Waals surface area contributed by atoms with Crippen LogP contribution in [0, 0.1) is 0 Å². The number of nitrogens with one attached hydrogen (secondary N) is 1. The second kappa shape index (κ2) is 3.21. The van der Waals surface area contributed by atoms with E-state index >= 15 is 0 Å². The van der Waals surface area contributed by atoms with Gasteiger partial charge in [-0.15, -0.1) is 0 Å². The average Bonchev–Trinajstić information content (AvgIpc) is 2.66. The lowest BCUT2D eigenvalue weighted by Crippen LogP contribution is -2.27. The fraction of sp³-hybridized carbons (Fsp3) is 0.333. The first-order valence-corrected chi connectivity index (χ1v) is 5.73. The Morgan fingerprint density at radius 3 is 2.65 bits per heavy atom. The number of hydrogen-bond acceptors (Lipinski definition) is 1. The first-order chi connectivity index (χ1) is 7.98. The van der Waals surface area contributed by atoms with Crippen LogP contribution in [-0.4, -0.2) is 17.5 Å². The standard InChI is InChI=1S/C12H11ClF2N2/c13-8-1-2-9-7(3-8)4-10(17-9)11(6-16)5-12(11,14)15/h1-4,17H,5-6,16H2. The average molecular weight is 257 g/mol. The van der Waals surface area contributed by atoms with Crippen LogP contribution in [0.2, 0.25) is 5.02 Å². The predicted octanol–water partition coefficient (Wildman–Crippen LogP) is 3.06. The van der Waals surface area contributed by atoms with Crippen LogP contribution in [0.25, 0.3) is 10.9 Å². The van der Waals surface area contributed by atoms with Crippen LogP contribution in [-0.2, 0) is 5.41 Å². The Labute approximate surface area is 102 Å². The van der Waals surface area contributed by atoms with E-state index in [-0.39, 0.29) is 13.0 Å². The van der Waals surface area contributed by atoms with Crippen molar-refractivity contribution in [1.29, 1.82) is 0 Å². The predicted molar refractivity (Wildman–Crippen MR) is 63.6 cm³/mol. The molecule has 0 aliphatic heterocycles. The van der Waals surface area contributed by atoms with E-state index in [0.29, 0.717) is 10.7 Å². The Morgan fingerprint density at radius 2 is 2.06 bits per heavy atom. The monoisotopic (exact) mass is 256 g/mol. The summed E-state index contributed by atoms with van der Waals surface area (Å²) in [6.07, 6.45) is -0.183. The van der Waals surface area contributed by atoms with Crippen molar-refractivity contribution in [2.75, 3.05) is 6.54 Å². The van der Waals surface area contributed by atoms with Crippen LogP contribution in [0.15, 0.2) is 24.3 Å². The largest absolute Gasteiger partial charge is 0.358 e. The van der Waals surface area contributed by atoms with Crippen LogP contribution >= 0.6 is 11.6 Å². The smallest absolute Gasteiger partial charge is 0.261 e. The third-order valence-corrected chi connectivity index (χ3v) is 3.78. The first kappa shape index (κ1) is 11.0. The number of H-pyrrole nitrogens is 1. The topological polar surface area (TPSA) is 41.8 Å². The normalized spacial score (nSPS) is 26.4. The van der Waals surface area contributed by atoms with E-state index in [0.717, 1.165) is 10.9 Å². The third-order valence-electron chi connectivity index (χ3n) is 3.55. The zero-order valence-electron chi connectivity index (χ0n) is 8.93. The van der Waals surface area contributed by atoms with Gasteiger partial charge in [-0.2, -0.15) is 0 Å². The number of alkyl halides is 2. The number of benzene rings is 1. The fourth-order valence-electron chi connectivity index (χ4n) is 2.32. The molecule has 0 radical (unpaired) electrons. The molecular formula is C12H11ClF2N2. The summed E-state index contributed by atoms with van der Waals surface area (Å²) in [4.78, 5) is 3.01. The molecule has 1 aliphatic rings. The van der Waals surface area contributed by atoms with Crippen molar-refractivity contribution in [2.24, 2.45) is 5.73 Å². The lowest BCUT2D eigenvalue weighted by atomic mass is 10.0.